The van der Waals surface area contributed by atoms with Gasteiger partial charge in [-0.1, -0.05) is 0 Å². The van der Waals surface area contributed by atoms with E-state index >= 15 is 0 Å². The molecule has 1 heterocycles. The predicted octanol–water partition coefficient (Wildman–Crippen LogP) is 1.58. The SMILES string of the molecule is O=C(O)COc1ccc(N=Cc2c(O)n(-c3ccc(F)cc3)c(=O)[nH]c2=O)cc1. The van der Waals surface area contributed by atoms with Crippen LogP contribution in [0.15, 0.2) is 63.1 Å². The summed E-state index contributed by atoms with van der Waals surface area (Å²) in [5.74, 6) is -1.98. The van der Waals surface area contributed by atoms with Gasteiger partial charge < -0.3 is 14.9 Å². The van der Waals surface area contributed by atoms with E-state index in [1.165, 1.54) is 36.4 Å². The van der Waals surface area contributed by atoms with Crippen molar-refractivity contribution in [2.45, 2.75) is 0 Å². The standard InChI is InChI=1S/C19H14FN3O6/c20-11-1-5-13(6-2-11)23-18(27)15(17(26)22-19(23)28)9-21-12-3-7-14(8-4-12)29-10-16(24)25/h1-9,27H,10H2,(H,24,25)(H,22,26,28). The van der Waals surface area contributed by atoms with Gasteiger partial charge in [0.15, 0.2) is 6.61 Å². The first-order valence-electron chi connectivity index (χ1n) is 8.18. The quantitative estimate of drug-likeness (QED) is 0.539. The Hall–Kier alpha value is -4.21. The molecule has 29 heavy (non-hydrogen) atoms. The molecule has 3 aromatic rings. The van der Waals surface area contributed by atoms with E-state index in [0.29, 0.717) is 11.4 Å². The lowest BCUT2D eigenvalue weighted by Crippen LogP contribution is -2.31. The average Bonchev–Trinajstić information content (AvgIpc) is 2.68. The molecule has 0 fully saturated rings. The van der Waals surface area contributed by atoms with Crippen molar-refractivity contribution in [3.63, 3.8) is 0 Å². The zero-order chi connectivity index (χ0) is 21.0. The number of rotatable bonds is 6. The molecule has 10 heteroatoms. The number of hydrogen-bond donors (Lipinski definition) is 3. The van der Waals surface area contributed by atoms with Gasteiger partial charge in [-0.05, 0) is 48.5 Å². The summed E-state index contributed by atoms with van der Waals surface area (Å²) in [5, 5.41) is 19.0. The first-order valence-corrected chi connectivity index (χ1v) is 8.18. The van der Waals surface area contributed by atoms with Gasteiger partial charge in [0.2, 0.25) is 5.88 Å². The van der Waals surface area contributed by atoms with E-state index in [1.807, 2.05) is 0 Å². The fourth-order valence-corrected chi connectivity index (χ4v) is 2.40. The molecule has 0 aliphatic carbocycles. The number of nitrogens with one attached hydrogen (secondary N) is 1. The number of nitrogens with zero attached hydrogens (tertiary/aromatic N) is 2. The molecule has 148 valence electrons. The molecular formula is C19H14FN3O6. The molecule has 0 saturated carbocycles. The number of benzene rings is 2. The molecular weight excluding hydrogens is 385 g/mol. The van der Waals surface area contributed by atoms with Gasteiger partial charge in [0, 0.05) is 6.21 Å². The zero-order valence-electron chi connectivity index (χ0n) is 14.7. The highest BCUT2D eigenvalue weighted by Gasteiger charge is 2.14. The Morgan fingerprint density at radius 2 is 1.79 bits per heavy atom. The van der Waals surface area contributed by atoms with Gasteiger partial charge in [0.1, 0.15) is 17.1 Å². The van der Waals surface area contributed by atoms with Crippen molar-refractivity contribution < 1.29 is 24.1 Å². The predicted molar refractivity (Wildman–Crippen MR) is 101 cm³/mol. The maximum absolute atomic E-state index is 13.1. The lowest BCUT2D eigenvalue weighted by atomic mass is 10.2. The van der Waals surface area contributed by atoms with Gasteiger partial charge in [-0.3, -0.25) is 14.8 Å². The molecule has 0 aliphatic heterocycles. The number of aliphatic carboxylic acids is 1. The van der Waals surface area contributed by atoms with E-state index < -0.39 is 35.5 Å². The Bertz CT molecular complexity index is 1180. The maximum Gasteiger partial charge on any atom is 0.341 e. The Morgan fingerprint density at radius 1 is 1.14 bits per heavy atom. The molecule has 0 amide bonds. The second-order valence-electron chi connectivity index (χ2n) is 5.74. The van der Waals surface area contributed by atoms with Gasteiger partial charge in [-0.25, -0.2) is 18.5 Å². The molecule has 0 atom stereocenters. The topological polar surface area (TPSA) is 134 Å². The van der Waals surface area contributed by atoms with E-state index in [1.54, 1.807) is 0 Å². The van der Waals surface area contributed by atoms with Crippen LogP contribution in [0.25, 0.3) is 5.69 Å². The third-order valence-corrected chi connectivity index (χ3v) is 3.75. The number of aromatic nitrogens is 2. The minimum absolute atomic E-state index is 0.153. The fraction of sp³-hybridized carbons (Fsp3) is 0.0526. The second-order valence-corrected chi connectivity index (χ2v) is 5.74. The summed E-state index contributed by atoms with van der Waals surface area (Å²) in [6, 6.07) is 10.7. The molecule has 9 nitrogen and oxygen atoms in total. The third kappa shape index (κ3) is 4.56. The van der Waals surface area contributed by atoms with Crippen LogP contribution < -0.4 is 16.0 Å². The molecule has 0 unspecified atom stereocenters. The molecule has 0 saturated heterocycles. The average molecular weight is 399 g/mol. The Balaban J connectivity index is 1.92. The number of H-pyrrole nitrogens is 1. The Kier molecular flexibility index (Phi) is 5.54. The minimum atomic E-state index is -1.11. The molecule has 3 N–H and O–H groups in total. The highest BCUT2D eigenvalue weighted by molar-refractivity contribution is 5.84. The summed E-state index contributed by atoms with van der Waals surface area (Å²) >= 11 is 0. The van der Waals surface area contributed by atoms with Crippen LogP contribution in [0.3, 0.4) is 0 Å². The van der Waals surface area contributed by atoms with Crippen molar-refractivity contribution in [3.8, 4) is 17.3 Å². The first-order chi connectivity index (χ1) is 13.8. The summed E-state index contributed by atoms with van der Waals surface area (Å²) < 4.78 is 18.9. The number of aromatic amines is 1. The highest BCUT2D eigenvalue weighted by atomic mass is 19.1. The van der Waals surface area contributed by atoms with E-state index in [-0.39, 0.29) is 11.3 Å². The number of hydrogen-bond acceptors (Lipinski definition) is 6. The van der Waals surface area contributed by atoms with Crippen molar-refractivity contribution >= 4 is 17.9 Å². The summed E-state index contributed by atoms with van der Waals surface area (Å²) in [4.78, 5) is 40.8. The van der Waals surface area contributed by atoms with Crippen molar-refractivity contribution in [1.29, 1.82) is 0 Å². The van der Waals surface area contributed by atoms with Gasteiger partial charge in [-0.15, -0.1) is 0 Å². The van der Waals surface area contributed by atoms with Gasteiger partial charge in [0.05, 0.1) is 11.4 Å². The molecule has 2 aromatic carbocycles. The molecule has 0 radical (unpaired) electrons. The van der Waals surface area contributed by atoms with Gasteiger partial charge in [0.25, 0.3) is 5.56 Å². The Morgan fingerprint density at radius 3 is 2.41 bits per heavy atom. The molecule has 0 spiro atoms. The number of carboxylic acid groups (broad SMARTS) is 1. The lowest BCUT2D eigenvalue weighted by Gasteiger charge is -2.09. The van der Waals surface area contributed by atoms with Crippen LogP contribution in [0.4, 0.5) is 10.1 Å². The minimum Gasteiger partial charge on any atom is -0.493 e. The first kappa shape index (κ1) is 19.5. The summed E-state index contributed by atoms with van der Waals surface area (Å²) in [6.45, 7) is -0.489. The van der Waals surface area contributed by atoms with Crippen LogP contribution >= 0.6 is 0 Å². The van der Waals surface area contributed by atoms with E-state index in [0.717, 1.165) is 22.9 Å². The third-order valence-electron chi connectivity index (χ3n) is 3.75. The van der Waals surface area contributed by atoms with Crippen molar-refractivity contribution in [1.82, 2.24) is 9.55 Å². The van der Waals surface area contributed by atoms with Crippen LogP contribution in [-0.4, -0.2) is 38.6 Å². The smallest absolute Gasteiger partial charge is 0.341 e. The number of aliphatic imine (C=N–C) groups is 1. The van der Waals surface area contributed by atoms with Crippen molar-refractivity contribution in [2.75, 3.05) is 6.61 Å². The van der Waals surface area contributed by atoms with Crippen molar-refractivity contribution in [2.24, 2.45) is 4.99 Å². The van der Waals surface area contributed by atoms with Gasteiger partial charge in [-0.2, -0.15) is 0 Å². The van der Waals surface area contributed by atoms with Crippen LogP contribution in [0, 0.1) is 5.82 Å². The second kappa shape index (κ2) is 8.21. The fourth-order valence-electron chi connectivity index (χ4n) is 2.40. The number of carbonyl (C=O) groups is 1. The largest absolute Gasteiger partial charge is 0.493 e. The van der Waals surface area contributed by atoms with E-state index in [9.17, 15) is 23.9 Å². The molecule has 3 rings (SSSR count). The van der Waals surface area contributed by atoms with Crippen LogP contribution in [0.1, 0.15) is 5.56 Å². The summed E-state index contributed by atoms with van der Waals surface area (Å²) in [5.41, 5.74) is -1.49. The molecule has 0 bridgehead atoms. The Labute approximate surface area is 162 Å². The van der Waals surface area contributed by atoms with Crippen LogP contribution in [-0.2, 0) is 4.79 Å². The van der Waals surface area contributed by atoms with Gasteiger partial charge >= 0.3 is 11.7 Å². The number of aromatic hydroxyl groups is 1. The van der Waals surface area contributed by atoms with E-state index in [2.05, 4.69) is 9.98 Å². The van der Waals surface area contributed by atoms with Crippen LogP contribution in [0.2, 0.25) is 0 Å². The highest BCUT2D eigenvalue weighted by Crippen LogP contribution is 2.20. The maximum atomic E-state index is 13.1. The normalized spacial score (nSPS) is 10.9. The summed E-state index contributed by atoms with van der Waals surface area (Å²) in [7, 11) is 0. The molecule has 1 aromatic heterocycles. The van der Waals surface area contributed by atoms with E-state index in [4.69, 9.17) is 9.84 Å². The number of halogens is 1. The molecule has 0 aliphatic rings. The van der Waals surface area contributed by atoms with Crippen molar-refractivity contribution in [3.05, 3.63) is 80.7 Å². The lowest BCUT2D eigenvalue weighted by molar-refractivity contribution is -0.139. The monoisotopic (exact) mass is 399 g/mol. The summed E-state index contributed by atoms with van der Waals surface area (Å²) in [6.07, 6.45) is 1.07. The number of ether oxygens (including phenoxy) is 1. The number of carboxylic acids is 1. The zero-order valence-corrected chi connectivity index (χ0v) is 14.7. The van der Waals surface area contributed by atoms with Crippen LogP contribution in [0.5, 0.6) is 11.6 Å².